The number of hydrogen-bond acceptors (Lipinski definition) is 9. The molecule has 0 aliphatic carbocycles. The van der Waals surface area contributed by atoms with E-state index in [9.17, 15) is 19.6 Å². The Morgan fingerprint density at radius 3 is 2.31 bits per heavy atom. The van der Waals surface area contributed by atoms with Crippen molar-refractivity contribution in [2.24, 2.45) is 5.92 Å². The summed E-state index contributed by atoms with van der Waals surface area (Å²) in [7, 11) is 2.15. The van der Waals surface area contributed by atoms with Gasteiger partial charge in [0.05, 0.1) is 42.9 Å². The second-order valence-electron chi connectivity index (χ2n) is 10.4. The van der Waals surface area contributed by atoms with E-state index in [1.54, 1.807) is 36.7 Å². The number of benzene rings is 2. The summed E-state index contributed by atoms with van der Waals surface area (Å²) in [5, 5.41) is 29.3. The van der Waals surface area contributed by atoms with Crippen LogP contribution in [-0.2, 0) is 16.1 Å². The molecule has 0 amide bonds. The maximum Gasteiger partial charge on any atom is 0.328 e. The van der Waals surface area contributed by atoms with Crippen molar-refractivity contribution >= 4 is 11.9 Å². The van der Waals surface area contributed by atoms with Crippen LogP contribution in [0.2, 0.25) is 0 Å². The number of aliphatic carboxylic acids is 2. The largest absolute Gasteiger partial charge is 0.490 e. The van der Waals surface area contributed by atoms with Crippen LogP contribution >= 0.6 is 0 Å². The van der Waals surface area contributed by atoms with Crippen LogP contribution in [0.25, 0.3) is 22.6 Å². The first-order valence-corrected chi connectivity index (χ1v) is 14.2. The first-order valence-electron chi connectivity index (χ1n) is 14.2. The van der Waals surface area contributed by atoms with Crippen molar-refractivity contribution in [2.75, 3.05) is 26.7 Å². The monoisotopic (exact) mass is 608 g/mol. The van der Waals surface area contributed by atoms with Gasteiger partial charge in [0.25, 0.3) is 5.56 Å². The van der Waals surface area contributed by atoms with Crippen LogP contribution < -0.4 is 10.3 Å². The van der Waals surface area contributed by atoms with Gasteiger partial charge in [-0.2, -0.15) is 10.4 Å². The van der Waals surface area contributed by atoms with Gasteiger partial charge in [0, 0.05) is 29.3 Å². The Morgan fingerprint density at radius 1 is 0.978 bits per heavy atom. The number of piperidine rings is 1. The normalized spacial score (nSPS) is 13.4. The van der Waals surface area contributed by atoms with Gasteiger partial charge >= 0.3 is 11.9 Å². The predicted molar refractivity (Wildman–Crippen MR) is 165 cm³/mol. The minimum Gasteiger partial charge on any atom is -0.490 e. The Bertz CT molecular complexity index is 1740. The summed E-state index contributed by atoms with van der Waals surface area (Å²) in [5.74, 6) is -0.680. The van der Waals surface area contributed by atoms with E-state index in [-0.39, 0.29) is 5.56 Å². The van der Waals surface area contributed by atoms with Crippen molar-refractivity contribution in [1.29, 1.82) is 5.26 Å². The molecule has 2 aromatic heterocycles. The van der Waals surface area contributed by atoms with E-state index in [4.69, 9.17) is 14.9 Å². The van der Waals surface area contributed by atoms with Crippen molar-refractivity contribution in [3.8, 4) is 34.5 Å². The lowest BCUT2D eigenvalue weighted by Crippen LogP contribution is -2.32. The standard InChI is InChI=1S/C29H28N6O2.C4H4O4/c1-34-12-10-21(11-13-34)20-37-26-17-31-29(32-18-26)25-7-3-5-23(15-25)19-35-28(36)9-8-27(33-35)24-6-2-4-22(14-24)16-30;5-3(6)1-2-4(7)8/h2-9,14-15,17-18,21H,10-13,19-20H2,1H3;1-2H,(H,5,6)(H,7,8)/b;2-1-. The van der Waals surface area contributed by atoms with Crippen molar-refractivity contribution in [3.63, 3.8) is 0 Å². The smallest absolute Gasteiger partial charge is 0.328 e. The minimum absolute atomic E-state index is 0.201. The third-order valence-electron chi connectivity index (χ3n) is 6.99. The van der Waals surface area contributed by atoms with Crippen molar-refractivity contribution in [1.82, 2.24) is 24.6 Å². The van der Waals surface area contributed by atoms with Gasteiger partial charge in [-0.05, 0) is 68.7 Å². The maximum absolute atomic E-state index is 12.5. The summed E-state index contributed by atoms with van der Waals surface area (Å²) < 4.78 is 7.37. The second-order valence-corrected chi connectivity index (χ2v) is 10.4. The Morgan fingerprint density at radius 2 is 1.64 bits per heavy atom. The van der Waals surface area contributed by atoms with Crippen molar-refractivity contribution < 1.29 is 24.5 Å². The molecular formula is C33H32N6O6. The van der Waals surface area contributed by atoms with E-state index in [2.05, 4.69) is 33.1 Å². The molecule has 12 heteroatoms. The maximum atomic E-state index is 12.5. The van der Waals surface area contributed by atoms with Crippen LogP contribution in [0.15, 0.2) is 90.0 Å². The molecule has 0 spiro atoms. The molecule has 1 aliphatic rings. The number of carboxylic acid groups (broad SMARTS) is 2. The summed E-state index contributed by atoms with van der Waals surface area (Å²) in [6, 6.07) is 20.3. The highest BCUT2D eigenvalue weighted by molar-refractivity contribution is 5.89. The molecule has 1 aliphatic heterocycles. The average molecular weight is 609 g/mol. The fraction of sp³-hybridized carbons (Fsp3) is 0.242. The third kappa shape index (κ3) is 9.94. The summed E-state index contributed by atoms with van der Waals surface area (Å²) in [5.41, 5.74) is 3.52. The van der Waals surface area contributed by atoms with E-state index in [0.717, 1.165) is 42.6 Å². The molecule has 5 rings (SSSR count). The van der Waals surface area contributed by atoms with Gasteiger partial charge in [-0.1, -0.05) is 30.3 Å². The molecule has 0 saturated carbocycles. The van der Waals surface area contributed by atoms with Crippen LogP contribution in [0.3, 0.4) is 0 Å². The number of carboxylic acids is 2. The Hall–Kier alpha value is -5.67. The van der Waals surface area contributed by atoms with Crippen LogP contribution in [0.1, 0.15) is 24.0 Å². The molecule has 0 radical (unpaired) electrons. The molecule has 2 N–H and O–H groups in total. The van der Waals surface area contributed by atoms with E-state index in [1.807, 2.05) is 30.3 Å². The lowest BCUT2D eigenvalue weighted by atomic mass is 9.98. The highest BCUT2D eigenvalue weighted by atomic mass is 16.5. The first kappa shape index (κ1) is 32.2. The van der Waals surface area contributed by atoms with Crippen molar-refractivity contribution in [2.45, 2.75) is 19.4 Å². The van der Waals surface area contributed by atoms with E-state index >= 15 is 0 Å². The molecule has 4 aromatic rings. The zero-order chi connectivity index (χ0) is 32.2. The highest BCUT2D eigenvalue weighted by Crippen LogP contribution is 2.21. The van der Waals surface area contributed by atoms with Gasteiger partial charge in [0.15, 0.2) is 11.6 Å². The van der Waals surface area contributed by atoms with Gasteiger partial charge in [0.2, 0.25) is 0 Å². The molecule has 3 heterocycles. The van der Waals surface area contributed by atoms with Gasteiger partial charge in [-0.25, -0.2) is 24.2 Å². The molecule has 0 atom stereocenters. The molecular weight excluding hydrogens is 576 g/mol. The summed E-state index contributed by atoms with van der Waals surface area (Å²) >= 11 is 0. The van der Waals surface area contributed by atoms with E-state index in [1.165, 1.54) is 10.7 Å². The van der Waals surface area contributed by atoms with Crippen molar-refractivity contribution in [3.05, 3.63) is 107 Å². The fourth-order valence-corrected chi connectivity index (χ4v) is 4.57. The molecule has 12 nitrogen and oxygen atoms in total. The van der Waals surface area contributed by atoms with Crippen LogP contribution in [-0.4, -0.2) is 73.5 Å². The van der Waals surface area contributed by atoms with Gasteiger partial charge < -0.3 is 19.8 Å². The number of carbonyl (C=O) groups is 2. The van der Waals surface area contributed by atoms with Crippen LogP contribution in [0.5, 0.6) is 5.75 Å². The molecule has 0 bridgehead atoms. The molecule has 2 aromatic carbocycles. The Balaban J connectivity index is 0.000000510. The SMILES string of the molecule is CN1CCC(COc2cnc(-c3cccc(Cn4nc(-c5cccc(C#N)c5)ccc4=O)c3)nc2)CC1.O=C(O)/C=C\C(=O)O. The fourth-order valence-electron chi connectivity index (χ4n) is 4.57. The zero-order valence-corrected chi connectivity index (χ0v) is 24.6. The lowest BCUT2D eigenvalue weighted by Gasteiger charge is -2.28. The second kappa shape index (κ2) is 15.7. The Labute approximate surface area is 259 Å². The number of rotatable bonds is 9. The highest BCUT2D eigenvalue weighted by Gasteiger charge is 2.17. The topological polar surface area (TPSA) is 172 Å². The first-order chi connectivity index (χ1) is 21.7. The van der Waals surface area contributed by atoms with Gasteiger partial charge in [-0.15, -0.1) is 0 Å². The minimum atomic E-state index is -1.26. The third-order valence-corrected chi connectivity index (χ3v) is 6.99. The van der Waals surface area contributed by atoms with Crippen LogP contribution in [0, 0.1) is 17.2 Å². The number of nitriles is 1. The van der Waals surface area contributed by atoms with Gasteiger partial charge in [0.1, 0.15) is 0 Å². The van der Waals surface area contributed by atoms with E-state index in [0.29, 0.717) is 54.1 Å². The molecule has 1 fully saturated rings. The summed E-state index contributed by atoms with van der Waals surface area (Å²) in [4.78, 5) is 43.0. The summed E-state index contributed by atoms with van der Waals surface area (Å²) in [6.45, 7) is 3.21. The van der Waals surface area contributed by atoms with Crippen LogP contribution in [0.4, 0.5) is 0 Å². The number of hydrogen-bond donors (Lipinski definition) is 2. The molecule has 0 unspecified atom stereocenters. The van der Waals surface area contributed by atoms with E-state index < -0.39 is 11.9 Å². The lowest BCUT2D eigenvalue weighted by molar-refractivity contribution is -0.134. The number of ether oxygens (including phenoxy) is 1. The number of nitrogens with zero attached hydrogens (tertiary/aromatic N) is 6. The quantitative estimate of drug-likeness (QED) is 0.265. The van der Waals surface area contributed by atoms with Gasteiger partial charge in [-0.3, -0.25) is 4.79 Å². The number of aromatic nitrogens is 4. The average Bonchev–Trinajstić information content (AvgIpc) is 3.05. The summed E-state index contributed by atoms with van der Waals surface area (Å²) in [6.07, 6.45) is 6.85. The molecule has 1 saturated heterocycles. The Kier molecular flexibility index (Phi) is 11.3. The predicted octanol–water partition coefficient (Wildman–Crippen LogP) is 3.72. The number of likely N-dealkylation sites (tertiary alicyclic amines) is 1. The molecule has 230 valence electrons. The molecule has 45 heavy (non-hydrogen) atoms. The zero-order valence-electron chi connectivity index (χ0n) is 24.6.